The Kier molecular flexibility index (Phi) is 4.38. The number of rotatable bonds is 4. The van der Waals surface area contributed by atoms with Gasteiger partial charge in [-0.2, -0.15) is 0 Å². The highest BCUT2D eigenvalue weighted by Gasteiger charge is 2.12. The zero-order chi connectivity index (χ0) is 17.2. The van der Waals surface area contributed by atoms with Crippen LogP contribution in [0.5, 0.6) is 0 Å². The van der Waals surface area contributed by atoms with Crippen LogP contribution in [-0.2, 0) is 6.42 Å². The van der Waals surface area contributed by atoms with Gasteiger partial charge in [-0.3, -0.25) is 0 Å². The second-order valence-electron chi connectivity index (χ2n) is 5.58. The topological polar surface area (TPSA) is 64.7 Å². The minimum atomic E-state index is 0.286. The van der Waals surface area contributed by atoms with E-state index < -0.39 is 0 Å². The monoisotopic (exact) mass is 364 g/mol. The molecule has 1 aromatic carbocycles. The molecule has 124 valence electrons. The molecule has 3 aromatic heterocycles. The third kappa shape index (κ3) is 3.36. The number of nitrogen functional groups attached to an aromatic ring is 1. The number of thiophene rings is 1. The summed E-state index contributed by atoms with van der Waals surface area (Å²) >= 11 is 3.49. The number of pyridine rings is 1. The molecule has 4 rings (SSSR count). The summed E-state index contributed by atoms with van der Waals surface area (Å²) in [5.74, 6) is 0.286. The Hall–Kier alpha value is -2.44. The average Bonchev–Trinajstić information content (AvgIpc) is 3.11. The molecule has 4 aromatic rings. The molecule has 0 amide bonds. The molecule has 3 heterocycles. The number of hydrogen-bond donors (Lipinski definition) is 1. The Morgan fingerprint density at radius 1 is 0.960 bits per heavy atom. The van der Waals surface area contributed by atoms with Gasteiger partial charge in [-0.05, 0) is 36.1 Å². The Morgan fingerprint density at radius 2 is 1.80 bits per heavy atom. The molecule has 0 aliphatic heterocycles. The largest absolute Gasteiger partial charge is 0.368 e. The second-order valence-corrected chi connectivity index (χ2v) is 7.77. The van der Waals surface area contributed by atoms with E-state index in [0.29, 0.717) is 6.42 Å². The van der Waals surface area contributed by atoms with Gasteiger partial charge in [-0.1, -0.05) is 30.3 Å². The fraction of sp³-hybridized carbons (Fsp3) is 0.105. The van der Waals surface area contributed by atoms with E-state index in [1.807, 2.05) is 30.3 Å². The number of benzene rings is 1. The minimum Gasteiger partial charge on any atom is -0.368 e. The van der Waals surface area contributed by atoms with Crippen LogP contribution in [0.15, 0.2) is 58.8 Å². The number of nitrogens with two attached hydrogens (primary N) is 1. The van der Waals surface area contributed by atoms with E-state index in [0.717, 1.165) is 27.3 Å². The maximum absolute atomic E-state index is 5.90. The normalized spacial score (nSPS) is 11.1. The lowest BCUT2D eigenvalue weighted by molar-refractivity contribution is 1.06. The van der Waals surface area contributed by atoms with E-state index in [9.17, 15) is 0 Å². The summed E-state index contributed by atoms with van der Waals surface area (Å²) in [6.07, 6.45) is 2.76. The van der Waals surface area contributed by atoms with E-state index in [4.69, 9.17) is 10.7 Å². The van der Waals surface area contributed by atoms with Gasteiger partial charge < -0.3 is 5.73 Å². The van der Waals surface area contributed by atoms with Crippen LogP contribution < -0.4 is 5.73 Å². The number of nitrogens with zero attached hydrogens (tertiary/aromatic N) is 3. The zero-order valence-electron chi connectivity index (χ0n) is 13.6. The van der Waals surface area contributed by atoms with Crippen LogP contribution in [0.4, 0.5) is 5.95 Å². The maximum atomic E-state index is 5.90. The molecule has 0 spiro atoms. The predicted octanol–water partition coefficient (Wildman–Crippen LogP) is 4.65. The van der Waals surface area contributed by atoms with Gasteiger partial charge in [0.2, 0.25) is 5.95 Å². The molecule has 25 heavy (non-hydrogen) atoms. The van der Waals surface area contributed by atoms with Crippen molar-refractivity contribution in [3.05, 3.63) is 65.9 Å². The van der Waals surface area contributed by atoms with Crippen molar-refractivity contribution in [2.24, 2.45) is 0 Å². The minimum absolute atomic E-state index is 0.286. The average molecular weight is 364 g/mol. The van der Waals surface area contributed by atoms with Gasteiger partial charge in [0.05, 0.1) is 26.0 Å². The molecule has 0 atom stereocenters. The summed E-state index contributed by atoms with van der Waals surface area (Å²) in [6, 6.07) is 18.4. The van der Waals surface area contributed by atoms with Gasteiger partial charge in [0.15, 0.2) is 0 Å². The van der Waals surface area contributed by atoms with Crippen LogP contribution in [0.1, 0.15) is 11.3 Å². The highest BCUT2D eigenvalue weighted by Crippen LogP contribution is 2.33. The molecule has 0 aliphatic carbocycles. The first kappa shape index (κ1) is 16.1. The Balaban J connectivity index is 1.82. The highest BCUT2D eigenvalue weighted by atomic mass is 32.2. The van der Waals surface area contributed by atoms with Crippen LogP contribution in [0.25, 0.3) is 21.6 Å². The van der Waals surface area contributed by atoms with Gasteiger partial charge in [0, 0.05) is 6.42 Å². The van der Waals surface area contributed by atoms with Crippen molar-refractivity contribution in [1.29, 1.82) is 0 Å². The number of thioether (sulfide) groups is 1. The fourth-order valence-electron chi connectivity index (χ4n) is 2.71. The van der Waals surface area contributed by atoms with Crippen molar-refractivity contribution in [1.82, 2.24) is 15.0 Å². The molecule has 0 aliphatic rings. The fourth-order valence-corrected chi connectivity index (χ4v) is 4.23. The smallest absolute Gasteiger partial charge is 0.220 e. The highest BCUT2D eigenvalue weighted by molar-refractivity contribution is 8.00. The van der Waals surface area contributed by atoms with Crippen molar-refractivity contribution >= 4 is 40.1 Å². The summed E-state index contributed by atoms with van der Waals surface area (Å²) in [5, 5.41) is 0. The molecular weight excluding hydrogens is 348 g/mol. The van der Waals surface area contributed by atoms with Gasteiger partial charge in [-0.15, -0.1) is 23.1 Å². The van der Waals surface area contributed by atoms with E-state index >= 15 is 0 Å². The maximum Gasteiger partial charge on any atom is 0.220 e. The van der Waals surface area contributed by atoms with Gasteiger partial charge in [0.25, 0.3) is 0 Å². The molecule has 0 fully saturated rings. The van der Waals surface area contributed by atoms with Crippen LogP contribution in [-0.4, -0.2) is 21.2 Å². The predicted molar refractivity (Wildman–Crippen MR) is 106 cm³/mol. The van der Waals surface area contributed by atoms with Gasteiger partial charge in [-0.25, -0.2) is 15.0 Å². The van der Waals surface area contributed by atoms with Crippen molar-refractivity contribution < 1.29 is 0 Å². The molecule has 0 bridgehead atoms. The third-order valence-corrected chi connectivity index (χ3v) is 6.07. The summed E-state index contributed by atoms with van der Waals surface area (Å²) < 4.78 is 1.27. The molecule has 0 saturated carbocycles. The first-order chi connectivity index (χ1) is 12.2. The van der Waals surface area contributed by atoms with E-state index in [1.54, 1.807) is 23.1 Å². The first-order valence-corrected chi connectivity index (χ1v) is 9.88. The van der Waals surface area contributed by atoms with Crippen molar-refractivity contribution in [2.75, 3.05) is 12.0 Å². The molecule has 0 saturated heterocycles. The van der Waals surface area contributed by atoms with Crippen molar-refractivity contribution in [3.63, 3.8) is 0 Å². The van der Waals surface area contributed by atoms with Crippen LogP contribution in [0, 0.1) is 0 Å². The second kappa shape index (κ2) is 6.82. The number of aromatic nitrogens is 3. The Morgan fingerprint density at radius 3 is 2.56 bits per heavy atom. The van der Waals surface area contributed by atoms with Crippen molar-refractivity contribution in [2.45, 2.75) is 10.6 Å². The third-order valence-electron chi connectivity index (χ3n) is 3.88. The van der Waals surface area contributed by atoms with Crippen molar-refractivity contribution in [3.8, 4) is 10.6 Å². The lowest BCUT2D eigenvalue weighted by atomic mass is 10.1. The summed E-state index contributed by atoms with van der Waals surface area (Å²) in [7, 11) is 0. The summed E-state index contributed by atoms with van der Waals surface area (Å²) in [5.41, 5.74) is 10.5. The Labute approximate surface area is 154 Å². The summed E-state index contributed by atoms with van der Waals surface area (Å²) in [6.45, 7) is 0. The lowest BCUT2D eigenvalue weighted by Crippen LogP contribution is -2.03. The standard InChI is InChI=1S/C19H16N4S2/c1-24-17-10-9-16(25-17)13-7-8-14-18(21-13)15(23-19(20)22-14)11-12-5-3-2-4-6-12/h2-10H,11H2,1H3,(H2,20,22,23). The van der Waals surface area contributed by atoms with Crippen LogP contribution in [0.2, 0.25) is 0 Å². The van der Waals surface area contributed by atoms with Crippen LogP contribution in [0.3, 0.4) is 0 Å². The lowest BCUT2D eigenvalue weighted by Gasteiger charge is -2.07. The first-order valence-electron chi connectivity index (χ1n) is 7.84. The van der Waals surface area contributed by atoms with E-state index in [-0.39, 0.29) is 5.95 Å². The molecule has 4 nitrogen and oxygen atoms in total. The van der Waals surface area contributed by atoms with Crippen LogP contribution >= 0.6 is 23.1 Å². The van der Waals surface area contributed by atoms with E-state index in [1.165, 1.54) is 9.77 Å². The molecule has 0 unspecified atom stereocenters. The number of anilines is 1. The summed E-state index contributed by atoms with van der Waals surface area (Å²) in [4.78, 5) is 14.8. The molecule has 2 N–H and O–H groups in total. The molecule has 0 radical (unpaired) electrons. The number of hydrogen-bond acceptors (Lipinski definition) is 6. The van der Waals surface area contributed by atoms with E-state index in [2.05, 4.69) is 40.5 Å². The van der Waals surface area contributed by atoms with Gasteiger partial charge >= 0.3 is 0 Å². The molecule has 6 heteroatoms. The van der Waals surface area contributed by atoms with Gasteiger partial charge in [0.1, 0.15) is 5.52 Å². The molecular formula is C19H16N4S2. The SMILES string of the molecule is CSc1ccc(-c2ccc3nc(N)nc(Cc4ccccc4)c3n2)s1. The zero-order valence-corrected chi connectivity index (χ0v) is 15.3. The number of fused-ring (bicyclic) bond motifs is 1. The quantitative estimate of drug-likeness (QED) is 0.534. The Bertz CT molecular complexity index is 1030.